The quantitative estimate of drug-likeness (QED) is 0.887. The SMILES string of the molecule is CCC(C#N)c1nc(-c2cccc(C)c2)c(C)[nH]1. The predicted octanol–water partition coefficient (Wildman–Crippen LogP) is 3.71. The lowest BCUT2D eigenvalue weighted by atomic mass is 10.1. The third-order valence-corrected chi connectivity index (χ3v) is 3.09. The summed E-state index contributed by atoms with van der Waals surface area (Å²) in [5.74, 6) is 0.622. The van der Waals surface area contributed by atoms with Gasteiger partial charge in [-0.1, -0.05) is 30.7 Å². The molecule has 0 saturated heterocycles. The molecule has 0 bridgehead atoms. The third kappa shape index (κ3) is 2.28. The lowest BCUT2D eigenvalue weighted by Crippen LogP contribution is -1.96. The van der Waals surface area contributed by atoms with Gasteiger partial charge in [0.1, 0.15) is 11.7 Å². The van der Waals surface area contributed by atoms with Gasteiger partial charge in [-0.3, -0.25) is 0 Å². The van der Waals surface area contributed by atoms with Gasteiger partial charge in [0.2, 0.25) is 0 Å². The lowest BCUT2D eigenvalue weighted by molar-refractivity contribution is 0.764. The second-order valence-electron chi connectivity index (χ2n) is 4.56. The summed E-state index contributed by atoms with van der Waals surface area (Å²) >= 11 is 0. The van der Waals surface area contributed by atoms with Crippen molar-refractivity contribution < 1.29 is 0 Å². The van der Waals surface area contributed by atoms with E-state index in [4.69, 9.17) is 5.26 Å². The van der Waals surface area contributed by atoms with E-state index in [1.54, 1.807) is 0 Å². The molecule has 2 rings (SSSR count). The van der Waals surface area contributed by atoms with Crippen LogP contribution >= 0.6 is 0 Å². The standard InChI is InChI=1S/C15H17N3/c1-4-12(9-16)15-17-11(3)14(18-15)13-7-5-6-10(2)8-13/h5-8,12H,4H2,1-3H3,(H,17,18). The van der Waals surface area contributed by atoms with E-state index in [-0.39, 0.29) is 5.92 Å². The molecule has 92 valence electrons. The highest BCUT2D eigenvalue weighted by Crippen LogP contribution is 2.25. The van der Waals surface area contributed by atoms with Crippen LogP contribution in [0.5, 0.6) is 0 Å². The molecule has 0 aliphatic rings. The van der Waals surface area contributed by atoms with Crippen molar-refractivity contribution in [3.63, 3.8) is 0 Å². The van der Waals surface area contributed by atoms with Crippen LogP contribution in [0.4, 0.5) is 0 Å². The maximum atomic E-state index is 9.08. The number of aromatic amines is 1. The number of imidazole rings is 1. The molecular weight excluding hydrogens is 222 g/mol. The molecule has 1 unspecified atom stereocenters. The molecule has 0 aliphatic carbocycles. The molecule has 1 atom stereocenters. The number of hydrogen-bond donors (Lipinski definition) is 1. The molecule has 0 radical (unpaired) electrons. The molecule has 0 spiro atoms. The summed E-state index contributed by atoms with van der Waals surface area (Å²) in [6.07, 6.45) is 0.775. The number of benzene rings is 1. The Morgan fingerprint density at radius 2 is 2.17 bits per heavy atom. The highest BCUT2D eigenvalue weighted by atomic mass is 14.9. The van der Waals surface area contributed by atoms with Gasteiger partial charge >= 0.3 is 0 Å². The number of hydrogen-bond acceptors (Lipinski definition) is 2. The molecule has 3 nitrogen and oxygen atoms in total. The van der Waals surface area contributed by atoms with Crippen LogP contribution in [-0.4, -0.2) is 9.97 Å². The second kappa shape index (κ2) is 5.05. The molecule has 0 fully saturated rings. The molecule has 0 aliphatic heterocycles. The number of aryl methyl sites for hydroxylation is 2. The van der Waals surface area contributed by atoms with E-state index in [9.17, 15) is 0 Å². The van der Waals surface area contributed by atoms with E-state index in [0.717, 1.165) is 29.2 Å². The zero-order chi connectivity index (χ0) is 13.1. The second-order valence-corrected chi connectivity index (χ2v) is 4.56. The van der Waals surface area contributed by atoms with Crippen molar-refractivity contribution in [1.82, 2.24) is 9.97 Å². The van der Waals surface area contributed by atoms with Gasteiger partial charge in [0.25, 0.3) is 0 Å². The van der Waals surface area contributed by atoms with Crippen LogP contribution in [-0.2, 0) is 0 Å². The fourth-order valence-electron chi connectivity index (χ4n) is 2.07. The number of nitrogens with zero attached hydrogens (tertiary/aromatic N) is 2. The maximum absolute atomic E-state index is 9.08. The molecule has 3 heteroatoms. The van der Waals surface area contributed by atoms with E-state index >= 15 is 0 Å². The summed E-state index contributed by atoms with van der Waals surface area (Å²) in [6, 6.07) is 10.5. The predicted molar refractivity (Wildman–Crippen MR) is 72.1 cm³/mol. The minimum absolute atomic E-state index is 0.151. The molecule has 1 aromatic heterocycles. The first-order chi connectivity index (χ1) is 8.65. The van der Waals surface area contributed by atoms with Crippen molar-refractivity contribution in [3.05, 3.63) is 41.3 Å². The van der Waals surface area contributed by atoms with Crippen LogP contribution in [0.1, 0.15) is 36.3 Å². The minimum Gasteiger partial charge on any atom is -0.344 e. The van der Waals surface area contributed by atoms with Gasteiger partial charge in [0.15, 0.2) is 0 Å². The average Bonchev–Trinajstić information content (AvgIpc) is 2.73. The molecule has 1 aromatic carbocycles. The topological polar surface area (TPSA) is 52.5 Å². The Bertz CT molecular complexity index is 590. The molecular formula is C15H17N3. The van der Waals surface area contributed by atoms with Crippen molar-refractivity contribution in [2.24, 2.45) is 0 Å². The Labute approximate surface area is 107 Å². The first-order valence-electron chi connectivity index (χ1n) is 6.18. The fourth-order valence-corrected chi connectivity index (χ4v) is 2.07. The van der Waals surface area contributed by atoms with Crippen molar-refractivity contribution in [1.29, 1.82) is 5.26 Å². The van der Waals surface area contributed by atoms with E-state index in [2.05, 4.69) is 35.1 Å². The van der Waals surface area contributed by atoms with Crippen molar-refractivity contribution in [3.8, 4) is 17.3 Å². The van der Waals surface area contributed by atoms with Crippen LogP contribution in [0.15, 0.2) is 24.3 Å². The lowest BCUT2D eigenvalue weighted by Gasteiger charge is -2.00. The van der Waals surface area contributed by atoms with Crippen LogP contribution in [0.3, 0.4) is 0 Å². The summed E-state index contributed by atoms with van der Waals surface area (Å²) in [5.41, 5.74) is 4.28. The monoisotopic (exact) mass is 239 g/mol. The van der Waals surface area contributed by atoms with Gasteiger partial charge in [-0.25, -0.2) is 4.98 Å². The Morgan fingerprint density at radius 1 is 1.39 bits per heavy atom. The molecule has 18 heavy (non-hydrogen) atoms. The van der Waals surface area contributed by atoms with Crippen LogP contribution in [0, 0.1) is 25.2 Å². The largest absolute Gasteiger partial charge is 0.344 e. The smallest absolute Gasteiger partial charge is 0.124 e. The number of rotatable bonds is 3. The summed E-state index contributed by atoms with van der Waals surface area (Å²) in [5, 5.41) is 9.08. The molecule has 2 aromatic rings. The van der Waals surface area contributed by atoms with Crippen molar-refractivity contribution in [2.45, 2.75) is 33.1 Å². The highest BCUT2D eigenvalue weighted by Gasteiger charge is 2.15. The normalized spacial score (nSPS) is 12.1. The van der Waals surface area contributed by atoms with E-state index in [0.29, 0.717) is 0 Å². The highest BCUT2D eigenvalue weighted by molar-refractivity contribution is 5.62. The Morgan fingerprint density at radius 3 is 2.78 bits per heavy atom. The van der Waals surface area contributed by atoms with Gasteiger partial charge in [-0.05, 0) is 26.3 Å². The first kappa shape index (κ1) is 12.4. The van der Waals surface area contributed by atoms with Crippen LogP contribution in [0.2, 0.25) is 0 Å². The minimum atomic E-state index is -0.151. The van der Waals surface area contributed by atoms with Crippen molar-refractivity contribution >= 4 is 0 Å². The van der Waals surface area contributed by atoms with E-state index in [1.165, 1.54) is 5.56 Å². The number of nitriles is 1. The van der Waals surface area contributed by atoms with E-state index < -0.39 is 0 Å². The summed E-state index contributed by atoms with van der Waals surface area (Å²) in [4.78, 5) is 7.82. The van der Waals surface area contributed by atoms with E-state index in [1.807, 2.05) is 26.0 Å². The average molecular weight is 239 g/mol. The Kier molecular flexibility index (Phi) is 3.47. The number of H-pyrrole nitrogens is 1. The van der Waals surface area contributed by atoms with Gasteiger partial charge < -0.3 is 4.98 Å². The maximum Gasteiger partial charge on any atom is 0.124 e. The number of nitrogens with one attached hydrogen (secondary N) is 1. The summed E-state index contributed by atoms with van der Waals surface area (Å²) in [6.45, 7) is 6.06. The Balaban J connectivity index is 2.44. The first-order valence-corrected chi connectivity index (χ1v) is 6.18. The van der Waals surface area contributed by atoms with Gasteiger partial charge in [-0.2, -0.15) is 5.26 Å². The fraction of sp³-hybridized carbons (Fsp3) is 0.333. The van der Waals surface area contributed by atoms with Crippen molar-refractivity contribution in [2.75, 3.05) is 0 Å². The molecule has 0 amide bonds. The number of aromatic nitrogens is 2. The van der Waals surface area contributed by atoms with Crippen LogP contribution < -0.4 is 0 Å². The van der Waals surface area contributed by atoms with Crippen LogP contribution in [0.25, 0.3) is 11.3 Å². The summed E-state index contributed by atoms with van der Waals surface area (Å²) in [7, 11) is 0. The molecule has 1 N–H and O–H groups in total. The zero-order valence-corrected chi connectivity index (χ0v) is 11.0. The Hall–Kier alpha value is -2.08. The van der Waals surface area contributed by atoms with Gasteiger partial charge in [-0.15, -0.1) is 0 Å². The van der Waals surface area contributed by atoms with Gasteiger partial charge in [0.05, 0.1) is 11.8 Å². The molecule has 1 heterocycles. The molecule has 0 saturated carbocycles. The summed E-state index contributed by atoms with van der Waals surface area (Å²) < 4.78 is 0. The zero-order valence-electron chi connectivity index (χ0n) is 11.0. The third-order valence-electron chi connectivity index (χ3n) is 3.09. The van der Waals surface area contributed by atoms with Gasteiger partial charge in [0, 0.05) is 11.3 Å².